The third kappa shape index (κ3) is 4.55. The van der Waals surface area contributed by atoms with E-state index in [0.717, 1.165) is 0 Å². The van der Waals surface area contributed by atoms with Gasteiger partial charge in [-0.05, 0) is 51.8 Å². The zero-order chi connectivity index (χ0) is 18.1. The maximum Gasteiger partial charge on any atom is 0.410 e. The molecule has 1 saturated heterocycles. The molecule has 0 atom stereocenters. The van der Waals surface area contributed by atoms with E-state index < -0.39 is 26.8 Å². The smallest absolute Gasteiger partial charge is 0.410 e. The van der Waals surface area contributed by atoms with Crippen LogP contribution >= 0.6 is 23.2 Å². The number of halogens is 2. The van der Waals surface area contributed by atoms with E-state index in [2.05, 4.69) is 0 Å². The molecule has 0 unspecified atom stereocenters. The predicted octanol–water partition coefficient (Wildman–Crippen LogP) is 4.17. The molecule has 0 spiro atoms. The SMILES string of the molecule is CC(C)(C)OC(=O)N1CCC(S(=O)(=O)c2ccc(Cl)cc2Cl)CC1. The molecule has 8 heteroatoms. The van der Waals surface area contributed by atoms with Gasteiger partial charge in [0, 0.05) is 18.1 Å². The monoisotopic (exact) mass is 393 g/mol. The summed E-state index contributed by atoms with van der Waals surface area (Å²) < 4.78 is 30.8. The van der Waals surface area contributed by atoms with Crippen molar-refractivity contribution in [1.29, 1.82) is 0 Å². The van der Waals surface area contributed by atoms with Crippen LogP contribution in [-0.2, 0) is 14.6 Å². The highest BCUT2D eigenvalue weighted by molar-refractivity contribution is 7.92. The largest absolute Gasteiger partial charge is 0.444 e. The highest BCUT2D eigenvalue weighted by Crippen LogP contribution is 2.31. The van der Waals surface area contributed by atoms with Gasteiger partial charge in [0.05, 0.1) is 15.2 Å². The number of carbonyl (C=O) groups excluding carboxylic acids is 1. The standard InChI is InChI=1S/C16H21Cl2NO4S/c1-16(2,3)23-15(20)19-8-6-12(7-9-19)24(21,22)14-5-4-11(17)10-13(14)18/h4-5,10,12H,6-9H2,1-3H3. The van der Waals surface area contributed by atoms with Crippen molar-refractivity contribution in [2.75, 3.05) is 13.1 Å². The van der Waals surface area contributed by atoms with Crippen molar-refractivity contribution in [3.05, 3.63) is 28.2 Å². The lowest BCUT2D eigenvalue weighted by Crippen LogP contribution is -2.44. The topological polar surface area (TPSA) is 63.7 Å². The van der Waals surface area contributed by atoms with Crippen LogP contribution in [0.5, 0.6) is 0 Å². The van der Waals surface area contributed by atoms with E-state index >= 15 is 0 Å². The normalized spacial score (nSPS) is 17.0. The number of likely N-dealkylation sites (tertiary alicyclic amines) is 1. The average molecular weight is 394 g/mol. The Kier molecular flexibility index (Phi) is 5.72. The fraction of sp³-hybridized carbons (Fsp3) is 0.562. The summed E-state index contributed by atoms with van der Waals surface area (Å²) in [5.74, 6) is 0. The minimum Gasteiger partial charge on any atom is -0.444 e. The summed E-state index contributed by atoms with van der Waals surface area (Å²) in [6, 6.07) is 4.36. The molecule has 1 aliphatic heterocycles. The van der Waals surface area contributed by atoms with Crippen LogP contribution in [0.15, 0.2) is 23.1 Å². The van der Waals surface area contributed by atoms with E-state index in [1.807, 2.05) is 0 Å². The number of nitrogens with zero attached hydrogens (tertiary/aromatic N) is 1. The van der Waals surface area contributed by atoms with Crippen LogP contribution in [0.25, 0.3) is 0 Å². The van der Waals surface area contributed by atoms with Gasteiger partial charge in [-0.3, -0.25) is 0 Å². The van der Waals surface area contributed by atoms with E-state index in [-0.39, 0.29) is 9.92 Å². The zero-order valence-corrected chi connectivity index (χ0v) is 16.2. The van der Waals surface area contributed by atoms with Crippen molar-refractivity contribution in [3.8, 4) is 0 Å². The second-order valence-electron chi connectivity index (χ2n) is 6.79. The Hall–Kier alpha value is -0.980. The van der Waals surface area contributed by atoms with Gasteiger partial charge in [0.1, 0.15) is 5.60 Å². The molecule has 1 aromatic carbocycles. The molecule has 2 rings (SSSR count). The summed E-state index contributed by atoms with van der Waals surface area (Å²) in [6.07, 6.45) is 0.281. The third-order valence-corrected chi connectivity index (χ3v) is 6.71. The van der Waals surface area contributed by atoms with Gasteiger partial charge < -0.3 is 9.64 Å². The fourth-order valence-electron chi connectivity index (χ4n) is 2.56. The molecule has 1 aromatic rings. The van der Waals surface area contributed by atoms with Gasteiger partial charge in [-0.15, -0.1) is 0 Å². The first-order chi connectivity index (χ1) is 11.0. The summed E-state index contributed by atoms with van der Waals surface area (Å²) in [5, 5.41) is -0.0642. The van der Waals surface area contributed by atoms with Gasteiger partial charge in [-0.25, -0.2) is 13.2 Å². The maximum absolute atomic E-state index is 12.8. The van der Waals surface area contributed by atoms with Crippen LogP contribution in [0, 0.1) is 0 Å². The molecule has 0 radical (unpaired) electrons. The molecule has 24 heavy (non-hydrogen) atoms. The molecular formula is C16H21Cl2NO4S. The summed E-state index contributed by atoms with van der Waals surface area (Å²) in [7, 11) is -3.56. The predicted molar refractivity (Wildman–Crippen MR) is 94.5 cm³/mol. The number of benzene rings is 1. The van der Waals surface area contributed by atoms with Crippen LogP contribution in [0.4, 0.5) is 4.79 Å². The molecule has 0 aromatic heterocycles. The zero-order valence-electron chi connectivity index (χ0n) is 13.9. The molecule has 1 aliphatic rings. The summed E-state index contributed by atoms with van der Waals surface area (Å²) in [5.41, 5.74) is -0.573. The van der Waals surface area contributed by atoms with E-state index in [0.29, 0.717) is 31.0 Å². The van der Waals surface area contributed by atoms with Gasteiger partial charge in [0.15, 0.2) is 9.84 Å². The van der Waals surface area contributed by atoms with Crippen LogP contribution in [0.3, 0.4) is 0 Å². The molecule has 0 saturated carbocycles. The Bertz CT molecular complexity index is 720. The van der Waals surface area contributed by atoms with Gasteiger partial charge in [0.2, 0.25) is 0 Å². The van der Waals surface area contributed by atoms with Crippen molar-refractivity contribution in [3.63, 3.8) is 0 Å². The Morgan fingerprint density at radius 2 is 1.79 bits per heavy atom. The lowest BCUT2D eigenvalue weighted by atomic mass is 10.1. The Morgan fingerprint density at radius 1 is 1.21 bits per heavy atom. The number of sulfone groups is 1. The number of hydrogen-bond donors (Lipinski definition) is 0. The number of piperidine rings is 1. The first kappa shape index (κ1) is 19.3. The van der Waals surface area contributed by atoms with E-state index in [9.17, 15) is 13.2 Å². The quantitative estimate of drug-likeness (QED) is 0.756. The fourth-order valence-corrected chi connectivity index (χ4v) is 5.07. The molecule has 0 bridgehead atoms. The minimum atomic E-state index is -3.56. The Morgan fingerprint density at radius 3 is 2.29 bits per heavy atom. The number of amides is 1. The average Bonchev–Trinajstić information content (AvgIpc) is 2.45. The molecule has 1 heterocycles. The van der Waals surface area contributed by atoms with E-state index in [4.69, 9.17) is 27.9 Å². The summed E-state index contributed by atoms with van der Waals surface area (Å²) in [4.78, 5) is 13.7. The van der Waals surface area contributed by atoms with Gasteiger partial charge in [-0.1, -0.05) is 23.2 Å². The Balaban J connectivity index is 2.07. The van der Waals surface area contributed by atoms with Crippen molar-refractivity contribution in [2.45, 2.75) is 49.4 Å². The highest BCUT2D eigenvalue weighted by Gasteiger charge is 2.35. The lowest BCUT2D eigenvalue weighted by molar-refractivity contribution is 0.0217. The Labute approximate surface area is 152 Å². The van der Waals surface area contributed by atoms with Crippen LogP contribution in [0.1, 0.15) is 33.6 Å². The van der Waals surface area contributed by atoms with Gasteiger partial charge >= 0.3 is 6.09 Å². The van der Waals surface area contributed by atoms with Crippen LogP contribution < -0.4 is 0 Å². The molecule has 5 nitrogen and oxygen atoms in total. The van der Waals surface area contributed by atoms with Crippen molar-refractivity contribution < 1.29 is 17.9 Å². The van der Waals surface area contributed by atoms with Crippen molar-refractivity contribution >= 4 is 39.1 Å². The first-order valence-electron chi connectivity index (χ1n) is 7.67. The number of rotatable bonds is 2. The number of ether oxygens (including phenoxy) is 1. The van der Waals surface area contributed by atoms with Gasteiger partial charge in [-0.2, -0.15) is 0 Å². The molecular weight excluding hydrogens is 373 g/mol. The highest BCUT2D eigenvalue weighted by atomic mass is 35.5. The lowest BCUT2D eigenvalue weighted by Gasteiger charge is -2.33. The van der Waals surface area contributed by atoms with Crippen LogP contribution in [-0.4, -0.2) is 43.4 Å². The third-order valence-electron chi connectivity index (χ3n) is 3.73. The summed E-state index contributed by atoms with van der Waals surface area (Å²) in [6.45, 7) is 6.06. The second-order valence-corrected chi connectivity index (χ2v) is 9.83. The van der Waals surface area contributed by atoms with Crippen molar-refractivity contribution in [2.24, 2.45) is 0 Å². The number of hydrogen-bond acceptors (Lipinski definition) is 4. The first-order valence-corrected chi connectivity index (χ1v) is 9.98. The maximum atomic E-state index is 12.8. The van der Waals surface area contributed by atoms with E-state index in [1.165, 1.54) is 18.2 Å². The molecule has 134 valence electrons. The second kappa shape index (κ2) is 7.10. The molecule has 1 fully saturated rings. The molecule has 0 aliphatic carbocycles. The number of carbonyl (C=O) groups is 1. The molecule has 1 amide bonds. The minimum absolute atomic E-state index is 0.0873. The summed E-state index contributed by atoms with van der Waals surface area (Å²) >= 11 is 11.9. The van der Waals surface area contributed by atoms with Crippen LogP contribution in [0.2, 0.25) is 10.0 Å². The molecule has 0 N–H and O–H groups in total. The van der Waals surface area contributed by atoms with E-state index in [1.54, 1.807) is 25.7 Å². The van der Waals surface area contributed by atoms with Gasteiger partial charge in [0.25, 0.3) is 0 Å². The van der Waals surface area contributed by atoms with Crippen molar-refractivity contribution in [1.82, 2.24) is 4.90 Å².